The fraction of sp³-hybridized carbons (Fsp3) is 0.0476. The van der Waals surface area contributed by atoms with Crippen molar-refractivity contribution < 1.29 is 22.0 Å². The Bertz CT molecular complexity index is 1470. The molecule has 0 unspecified atom stereocenters. The highest BCUT2D eigenvalue weighted by molar-refractivity contribution is 7.92. The van der Waals surface area contributed by atoms with E-state index in [1.165, 1.54) is 18.2 Å². The van der Waals surface area contributed by atoms with E-state index < -0.39 is 26.6 Å². The zero-order valence-electron chi connectivity index (χ0n) is 16.3. The minimum absolute atomic E-state index is 0.0595. The van der Waals surface area contributed by atoms with Crippen molar-refractivity contribution in [2.45, 2.75) is 11.8 Å². The summed E-state index contributed by atoms with van der Waals surface area (Å²) in [7, 11) is -4.32. The van der Waals surface area contributed by atoms with Crippen molar-refractivity contribution >= 4 is 61.6 Å². The molecule has 0 aliphatic carbocycles. The van der Waals surface area contributed by atoms with Crippen molar-refractivity contribution in [3.63, 3.8) is 0 Å². The first kappa shape index (κ1) is 22.1. The number of nitrogens with one attached hydrogen (secondary N) is 2. The monoisotopic (exact) mass is 493 g/mol. The summed E-state index contributed by atoms with van der Waals surface area (Å²) in [4.78, 5) is 16.6. The van der Waals surface area contributed by atoms with Crippen LogP contribution >= 0.6 is 23.2 Å². The number of carbonyl (C=O) groups excluding carboxylic acids is 1. The molecule has 0 bridgehead atoms. The molecule has 1 heterocycles. The van der Waals surface area contributed by atoms with Crippen LogP contribution in [0.4, 0.5) is 15.8 Å². The summed E-state index contributed by atoms with van der Waals surface area (Å²) < 4.78 is 47.0. The van der Waals surface area contributed by atoms with Crippen molar-refractivity contribution in [2.24, 2.45) is 0 Å². The quantitative estimate of drug-likeness (QED) is 0.374. The highest BCUT2D eigenvalue weighted by Crippen LogP contribution is 2.31. The number of amides is 1. The topological polar surface area (TPSA) is 101 Å². The van der Waals surface area contributed by atoms with Gasteiger partial charge in [-0.15, -0.1) is 0 Å². The molecule has 7 nitrogen and oxygen atoms in total. The number of aryl methyl sites for hydroxylation is 1. The summed E-state index contributed by atoms with van der Waals surface area (Å²) in [6, 6.07) is 12.3. The van der Waals surface area contributed by atoms with Crippen molar-refractivity contribution in [3.05, 3.63) is 81.9 Å². The molecule has 0 aliphatic heterocycles. The van der Waals surface area contributed by atoms with Gasteiger partial charge in [0.2, 0.25) is 0 Å². The second kappa shape index (κ2) is 8.42. The number of para-hydroxylation sites is 1. The number of carbonyl (C=O) groups is 1. The predicted molar refractivity (Wildman–Crippen MR) is 120 cm³/mol. The van der Waals surface area contributed by atoms with Gasteiger partial charge in [-0.05, 0) is 42.5 Å². The van der Waals surface area contributed by atoms with E-state index in [2.05, 4.69) is 15.0 Å². The number of anilines is 2. The van der Waals surface area contributed by atoms with E-state index >= 15 is 0 Å². The van der Waals surface area contributed by atoms with Gasteiger partial charge in [0, 0.05) is 12.6 Å². The third kappa shape index (κ3) is 4.40. The van der Waals surface area contributed by atoms with Gasteiger partial charge in [0.15, 0.2) is 11.5 Å². The highest BCUT2D eigenvalue weighted by atomic mass is 35.5. The van der Waals surface area contributed by atoms with Gasteiger partial charge in [-0.1, -0.05) is 35.3 Å². The Balaban J connectivity index is 1.66. The van der Waals surface area contributed by atoms with Crippen LogP contribution in [0.15, 0.2) is 63.9 Å². The first-order valence-electron chi connectivity index (χ1n) is 9.09. The van der Waals surface area contributed by atoms with Crippen LogP contribution in [0.25, 0.3) is 11.1 Å². The van der Waals surface area contributed by atoms with Crippen LogP contribution in [0, 0.1) is 12.7 Å². The second-order valence-electron chi connectivity index (χ2n) is 6.72. The minimum atomic E-state index is -4.32. The summed E-state index contributed by atoms with van der Waals surface area (Å²) in [5.74, 6) is -0.965. The molecule has 0 radical (unpaired) electrons. The lowest BCUT2D eigenvalue weighted by molar-refractivity contribution is 0.102. The van der Waals surface area contributed by atoms with Crippen LogP contribution in [0.2, 0.25) is 10.0 Å². The molecule has 0 saturated heterocycles. The smallest absolute Gasteiger partial charge is 0.263 e. The molecule has 32 heavy (non-hydrogen) atoms. The molecule has 1 amide bonds. The van der Waals surface area contributed by atoms with E-state index in [-0.39, 0.29) is 21.3 Å². The molecule has 4 rings (SSSR count). The molecule has 2 N–H and O–H groups in total. The molecule has 164 valence electrons. The lowest BCUT2D eigenvalue weighted by Gasteiger charge is -2.13. The number of hydrogen-bond acceptors (Lipinski definition) is 5. The fourth-order valence-corrected chi connectivity index (χ4v) is 4.90. The van der Waals surface area contributed by atoms with Crippen molar-refractivity contribution in [2.75, 3.05) is 10.0 Å². The minimum Gasteiger partial charge on any atom is -0.441 e. The Morgan fingerprint density at radius 1 is 1.06 bits per heavy atom. The predicted octanol–water partition coefficient (Wildman–Crippen LogP) is 5.64. The number of rotatable bonds is 5. The second-order valence-corrected chi connectivity index (χ2v) is 9.18. The maximum atomic E-state index is 13.9. The normalized spacial score (nSPS) is 11.5. The van der Waals surface area contributed by atoms with Crippen molar-refractivity contribution in [1.29, 1.82) is 0 Å². The van der Waals surface area contributed by atoms with E-state index in [1.54, 1.807) is 25.1 Å². The molecule has 4 aromatic rings. The summed E-state index contributed by atoms with van der Waals surface area (Å²) in [5, 5.41) is 2.35. The number of halogens is 3. The Morgan fingerprint density at radius 3 is 2.56 bits per heavy atom. The van der Waals surface area contributed by atoms with Crippen LogP contribution in [-0.2, 0) is 10.0 Å². The van der Waals surface area contributed by atoms with Gasteiger partial charge in [0.05, 0.1) is 21.3 Å². The zero-order valence-corrected chi connectivity index (χ0v) is 18.6. The Labute approximate surface area is 192 Å². The SMILES string of the molecule is Cc1nc2cc(NC(=O)c3cc(S(=O)(=O)Nc4ccccc4F)c(Cl)cc3Cl)ccc2o1. The van der Waals surface area contributed by atoms with Gasteiger partial charge >= 0.3 is 0 Å². The van der Waals surface area contributed by atoms with Crippen LogP contribution < -0.4 is 10.0 Å². The average Bonchev–Trinajstić information content (AvgIpc) is 3.08. The van der Waals surface area contributed by atoms with E-state index in [1.807, 2.05) is 0 Å². The number of fused-ring (bicyclic) bond motifs is 1. The summed E-state index contributed by atoms with van der Waals surface area (Å²) in [6.45, 7) is 1.70. The van der Waals surface area contributed by atoms with Crippen molar-refractivity contribution in [3.8, 4) is 0 Å². The molecular formula is C21H14Cl2FN3O4S. The number of hydrogen-bond donors (Lipinski definition) is 2. The van der Waals surface area contributed by atoms with E-state index in [9.17, 15) is 17.6 Å². The molecule has 0 spiro atoms. The number of sulfonamides is 1. The number of nitrogens with zero attached hydrogens (tertiary/aromatic N) is 1. The third-order valence-corrected chi connectivity index (χ3v) is 6.57. The van der Waals surface area contributed by atoms with E-state index in [4.69, 9.17) is 27.6 Å². The van der Waals surface area contributed by atoms with E-state index in [0.29, 0.717) is 22.7 Å². The van der Waals surface area contributed by atoms with Crippen LogP contribution in [0.1, 0.15) is 16.2 Å². The van der Waals surface area contributed by atoms with Gasteiger partial charge in [0.25, 0.3) is 15.9 Å². The Kier molecular flexibility index (Phi) is 5.81. The standard InChI is InChI=1S/C21H14Cl2FN3O4S/c1-11-25-18-8-12(6-7-19(18)31-11)26-21(28)13-9-20(15(23)10-14(13)22)32(29,30)27-17-5-3-2-4-16(17)24/h2-10,27H,1H3,(H,26,28). The maximum Gasteiger partial charge on any atom is 0.263 e. The molecule has 3 aromatic carbocycles. The first-order chi connectivity index (χ1) is 15.1. The van der Waals surface area contributed by atoms with Gasteiger partial charge in [-0.2, -0.15) is 0 Å². The van der Waals surface area contributed by atoms with Gasteiger partial charge < -0.3 is 9.73 Å². The lowest BCUT2D eigenvalue weighted by atomic mass is 10.2. The molecule has 0 fully saturated rings. The van der Waals surface area contributed by atoms with Crippen LogP contribution in [-0.4, -0.2) is 19.3 Å². The summed E-state index contributed by atoms with van der Waals surface area (Å²) in [5.41, 5.74) is 1.09. The molecular weight excluding hydrogens is 480 g/mol. The summed E-state index contributed by atoms with van der Waals surface area (Å²) >= 11 is 12.2. The van der Waals surface area contributed by atoms with Crippen LogP contribution in [0.3, 0.4) is 0 Å². The van der Waals surface area contributed by atoms with Gasteiger partial charge in [-0.3, -0.25) is 9.52 Å². The fourth-order valence-electron chi connectivity index (χ4n) is 2.97. The third-order valence-electron chi connectivity index (χ3n) is 4.43. The lowest BCUT2D eigenvalue weighted by Crippen LogP contribution is -2.17. The molecule has 0 saturated carbocycles. The number of oxazole rings is 1. The maximum absolute atomic E-state index is 13.9. The van der Waals surface area contributed by atoms with Crippen LogP contribution in [0.5, 0.6) is 0 Å². The molecule has 0 atom stereocenters. The largest absolute Gasteiger partial charge is 0.441 e. The number of aromatic nitrogens is 1. The molecule has 11 heteroatoms. The average molecular weight is 494 g/mol. The Hall–Kier alpha value is -3.14. The zero-order chi connectivity index (χ0) is 23.0. The Morgan fingerprint density at radius 2 is 1.81 bits per heavy atom. The van der Waals surface area contributed by atoms with Gasteiger partial charge in [-0.25, -0.2) is 17.8 Å². The van der Waals surface area contributed by atoms with E-state index in [0.717, 1.165) is 18.2 Å². The summed E-state index contributed by atoms with van der Waals surface area (Å²) in [6.07, 6.45) is 0. The molecule has 1 aromatic heterocycles. The van der Waals surface area contributed by atoms with Crippen molar-refractivity contribution in [1.82, 2.24) is 4.98 Å². The molecule has 0 aliphatic rings. The first-order valence-corrected chi connectivity index (χ1v) is 11.3. The highest BCUT2D eigenvalue weighted by Gasteiger charge is 2.24. The van der Waals surface area contributed by atoms with Gasteiger partial charge in [0.1, 0.15) is 16.2 Å². The number of benzene rings is 3.